The average molecular weight is 535 g/mol. The molecule has 2 unspecified atom stereocenters. The number of thiophene rings is 1. The molecule has 0 N–H and O–H groups in total. The lowest BCUT2D eigenvalue weighted by molar-refractivity contribution is 0.0912. The van der Waals surface area contributed by atoms with Crippen LogP contribution < -0.4 is 9.47 Å². The van der Waals surface area contributed by atoms with Gasteiger partial charge in [-0.2, -0.15) is 38.1 Å². The summed E-state index contributed by atoms with van der Waals surface area (Å²) in [5, 5.41) is 8.05. The highest BCUT2D eigenvalue weighted by Gasteiger charge is 2.50. The van der Waals surface area contributed by atoms with Gasteiger partial charge in [0.05, 0.1) is 18.7 Å². The topological polar surface area (TPSA) is 94.0 Å². The van der Waals surface area contributed by atoms with Crippen LogP contribution in [0.5, 0.6) is 11.6 Å². The minimum atomic E-state index is -3.68. The summed E-state index contributed by atoms with van der Waals surface area (Å²) in [6.45, 7) is 3.32. The molecule has 9 nitrogen and oxygen atoms in total. The van der Waals surface area contributed by atoms with Crippen molar-refractivity contribution in [1.29, 1.82) is 0 Å². The van der Waals surface area contributed by atoms with Gasteiger partial charge in [-0.05, 0) is 47.9 Å². The number of nitrogens with zero attached hydrogens (tertiary/aromatic N) is 4. The number of hydrogen-bond acceptors (Lipinski definition) is 7. The summed E-state index contributed by atoms with van der Waals surface area (Å²) in [7, 11) is -2.24. The number of halogens is 1. The Kier molecular flexibility index (Phi) is 6.86. The van der Waals surface area contributed by atoms with Crippen molar-refractivity contribution in [2.75, 3.05) is 26.7 Å². The lowest BCUT2D eigenvalue weighted by atomic mass is 9.91. The first-order chi connectivity index (χ1) is 17.3. The number of benzene rings is 1. The monoisotopic (exact) mass is 534 g/mol. The zero-order valence-corrected chi connectivity index (χ0v) is 21.6. The first-order valence-corrected chi connectivity index (χ1v) is 14.0. The lowest BCUT2D eigenvalue weighted by Gasteiger charge is -2.45. The highest BCUT2D eigenvalue weighted by atomic mass is 32.2. The summed E-state index contributed by atoms with van der Waals surface area (Å²) in [6, 6.07) is 6.90. The summed E-state index contributed by atoms with van der Waals surface area (Å²) < 4.78 is 55.8. The van der Waals surface area contributed by atoms with Gasteiger partial charge in [0.1, 0.15) is 18.1 Å². The molecule has 0 aliphatic carbocycles. The van der Waals surface area contributed by atoms with Crippen LogP contribution >= 0.6 is 11.3 Å². The molecule has 1 aromatic carbocycles. The van der Waals surface area contributed by atoms with Crippen molar-refractivity contribution < 1.29 is 27.1 Å². The van der Waals surface area contributed by atoms with Crippen molar-refractivity contribution in [1.82, 2.24) is 18.4 Å². The van der Waals surface area contributed by atoms with Crippen molar-refractivity contribution in [3.05, 3.63) is 63.7 Å². The summed E-state index contributed by atoms with van der Waals surface area (Å²) in [5.41, 5.74) is 1.44. The maximum Gasteiger partial charge on any atom is 0.282 e. The molecule has 0 radical (unpaired) electrons. The summed E-state index contributed by atoms with van der Waals surface area (Å²) in [4.78, 5) is 13.3. The Hall–Kier alpha value is -2.80. The van der Waals surface area contributed by atoms with Crippen LogP contribution in [0.1, 0.15) is 47.4 Å². The maximum absolute atomic E-state index is 13.3. The highest BCUT2D eigenvalue weighted by Crippen LogP contribution is 2.47. The normalized spacial score (nSPS) is 20.9. The average Bonchev–Trinajstić information content (AvgIpc) is 3.63. The standard InChI is InChI=1S/C24H27FN4O5S2/c1-16-13-28(36(31,32)27-10-3-4-11-27)21(16)20-22(33-2)24(34-14-17-5-7-19(25)8-6-17)29(26-20)23(30)18-9-12-35-15-18/h5-9,12,15-16,21H,3-4,10-11,13-14H2,1-2H3. The molecule has 2 aliphatic rings. The Morgan fingerprint density at radius 2 is 1.92 bits per heavy atom. The van der Waals surface area contributed by atoms with Gasteiger partial charge in [0.15, 0.2) is 0 Å². The number of hydrogen-bond donors (Lipinski definition) is 0. The van der Waals surface area contributed by atoms with Crippen molar-refractivity contribution in [3.63, 3.8) is 0 Å². The fourth-order valence-electron chi connectivity index (χ4n) is 4.65. The summed E-state index contributed by atoms with van der Waals surface area (Å²) in [5.74, 6) is -0.546. The van der Waals surface area contributed by atoms with E-state index in [-0.39, 0.29) is 30.0 Å². The van der Waals surface area contributed by atoms with E-state index in [2.05, 4.69) is 5.10 Å². The highest BCUT2D eigenvalue weighted by molar-refractivity contribution is 7.86. The molecule has 2 atom stereocenters. The quantitative estimate of drug-likeness (QED) is 0.438. The Balaban J connectivity index is 1.53. The third-order valence-corrected chi connectivity index (χ3v) is 9.24. The molecule has 0 saturated carbocycles. The Morgan fingerprint density at radius 3 is 2.53 bits per heavy atom. The molecule has 0 bridgehead atoms. The third-order valence-electron chi connectivity index (χ3n) is 6.57. The van der Waals surface area contributed by atoms with Crippen LogP contribution in [-0.2, 0) is 16.8 Å². The van der Waals surface area contributed by atoms with Gasteiger partial charge in [0.25, 0.3) is 22.0 Å². The number of methoxy groups -OCH3 is 1. The number of ether oxygens (including phenoxy) is 2. The first-order valence-electron chi connectivity index (χ1n) is 11.7. The van der Waals surface area contributed by atoms with Crippen molar-refractivity contribution in [2.24, 2.45) is 5.92 Å². The van der Waals surface area contributed by atoms with Crippen molar-refractivity contribution in [2.45, 2.75) is 32.4 Å². The van der Waals surface area contributed by atoms with E-state index in [0.29, 0.717) is 36.5 Å². The van der Waals surface area contributed by atoms with Gasteiger partial charge in [0.2, 0.25) is 5.75 Å². The zero-order chi connectivity index (χ0) is 25.4. The second-order valence-corrected chi connectivity index (χ2v) is 11.6. The molecule has 0 spiro atoms. The molecule has 192 valence electrons. The van der Waals surface area contributed by atoms with Crippen molar-refractivity contribution >= 4 is 27.5 Å². The molecule has 2 aromatic heterocycles. The van der Waals surface area contributed by atoms with Gasteiger partial charge >= 0.3 is 0 Å². The Morgan fingerprint density at radius 1 is 1.19 bits per heavy atom. The predicted octanol–water partition coefficient (Wildman–Crippen LogP) is 3.69. The van der Waals surface area contributed by atoms with Crippen LogP contribution in [0.15, 0.2) is 41.1 Å². The summed E-state index contributed by atoms with van der Waals surface area (Å²) in [6.07, 6.45) is 1.67. The number of aromatic nitrogens is 2. The molecular formula is C24H27FN4O5S2. The Bertz CT molecular complexity index is 1340. The zero-order valence-electron chi connectivity index (χ0n) is 20.0. The van der Waals surface area contributed by atoms with Crippen LogP contribution in [0.4, 0.5) is 4.39 Å². The van der Waals surface area contributed by atoms with E-state index in [1.165, 1.54) is 39.2 Å². The van der Waals surface area contributed by atoms with Crippen molar-refractivity contribution in [3.8, 4) is 11.6 Å². The molecule has 0 amide bonds. The van der Waals surface area contributed by atoms with Gasteiger partial charge in [-0.15, -0.1) is 0 Å². The SMILES string of the molecule is COc1c(C2C(C)CN2S(=O)(=O)N2CCCC2)nn(C(=O)c2ccsc2)c1OCc1ccc(F)cc1. The van der Waals surface area contributed by atoms with E-state index in [1.807, 2.05) is 6.92 Å². The first kappa shape index (κ1) is 24.9. The third kappa shape index (κ3) is 4.42. The van der Waals surface area contributed by atoms with E-state index < -0.39 is 22.2 Å². The van der Waals surface area contributed by atoms with Gasteiger partial charge in [-0.25, -0.2) is 4.39 Å². The van der Waals surface area contributed by atoms with Gasteiger partial charge < -0.3 is 9.47 Å². The fourth-order valence-corrected chi connectivity index (χ4v) is 7.31. The molecule has 4 heterocycles. The minimum absolute atomic E-state index is 0.0364. The van der Waals surface area contributed by atoms with Crippen LogP contribution in [0.2, 0.25) is 0 Å². The molecule has 5 rings (SSSR count). The molecule has 3 aromatic rings. The minimum Gasteiger partial charge on any atom is -0.490 e. The number of rotatable bonds is 8. The van der Waals surface area contributed by atoms with Gasteiger partial charge in [-0.1, -0.05) is 19.1 Å². The van der Waals surface area contributed by atoms with Gasteiger partial charge in [-0.3, -0.25) is 4.79 Å². The van der Waals surface area contributed by atoms with E-state index in [9.17, 15) is 17.6 Å². The number of carbonyl (C=O) groups is 1. The van der Waals surface area contributed by atoms with E-state index in [1.54, 1.807) is 29.0 Å². The second kappa shape index (κ2) is 9.92. The molecular weight excluding hydrogens is 507 g/mol. The molecule has 2 fully saturated rings. The second-order valence-electron chi connectivity index (χ2n) is 8.97. The van der Waals surface area contributed by atoms with E-state index in [4.69, 9.17) is 9.47 Å². The van der Waals surface area contributed by atoms with Crippen LogP contribution in [0.3, 0.4) is 0 Å². The molecule has 12 heteroatoms. The van der Waals surface area contributed by atoms with E-state index >= 15 is 0 Å². The predicted molar refractivity (Wildman–Crippen MR) is 132 cm³/mol. The fraction of sp³-hybridized carbons (Fsp3) is 0.417. The Labute approximate surface area is 213 Å². The summed E-state index contributed by atoms with van der Waals surface area (Å²) >= 11 is 1.37. The largest absolute Gasteiger partial charge is 0.490 e. The van der Waals surface area contributed by atoms with Crippen LogP contribution in [0.25, 0.3) is 0 Å². The molecule has 36 heavy (non-hydrogen) atoms. The molecule has 2 aliphatic heterocycles. The smallest absolute Gasteiger partial charge is 0.282 e. The van der Waals surface area contributed by atoms with Crippen LogP contribution in [-0.4, -0.2) is 59.5 Å². The van der Waals surface area contributed by atoms with Crippen LogP contribution in [0, 0.1) is 11.7 Å². The number of carbonyl (C=O) groups excluding carboxylic acids is 1. The van der Waals surface area contributed by atoms with E-state index in [0.717, 1.165) is 17.5 Å². The lowest BCUT2D eigenvalue weighted by Crippen LogP contribution is -2.55. The maximum atomic E-state index is 13.3. The van der Waals surface area contributed by atoms with Gasteiger partial charge in [0, 0.05) is 25.0 Å². The molecule has 2 saturated heterocycles.